The van der Waals surface area contributed by atoms with Gasteiger partial charge in [0.15, 0.2) is 0 Å². The van der Waals surface area contributed by atoms with Gasteiger partial charge in [-0.1, -0.05) is 84.9 Å². The first-order valence-electron chi connectivity index (χ1n) is 19.1. The molecule has 2 heterocycles. The van der Waals surface area contributed by atoms with E-state index in [-0.39, 0.29) is 0 Å². The van der Waals surface area contributed by atoms with Crippen molar-refractivity contribution in [2.24, 2.45) is 0 Å². The number of rotatable bonds is 6. The van der Waals surface area contributed by atoms with E-state index in [1.807, 2.05) is 0 Å². The van der Waals surface area contributed by atoms with E-state index >= 15 is 0 Å². The summed E-state index contributed by atoms with van der Waals surface area (Å²) in [6.07, 6.45) is 0. The van der Waals surface area contributed by atoms with E-state index in [1.54, 1.807) is 0 Å². The largest absolute Gasteiger partial charge is 0.456 e. The van der Waals surface area contributed by atoms with E-state index in [9.17, 15) is 0 Å². The van der Waals surface area contributed by atoms with Crippen LogP contribution in [0.3, 0.4) is 0 Å². The third-order valence-corrected chi connectivity index (χ3v) is 11.3. The van der Waals surface area contributed by atoms with Crippen molar-refractivity contribution in [2.75, 3.05) is 9.80 Å². The van der Waals surface area contributed by atoms with Gasteiger partial charge in [-0.2, -0.15) is 0 Å². The van der Waals surface area contributed by atoms with Crippen LogP contribution in [0.15, 0.2) is 191 Å². The monoisotopic (exact) mass is 720 g/mol. The smallest absolute Gasteiger partial charge is 0.139 e. The molecule has 4 nitrogen and oxygen atoms in total. The number of benzene rings is 9. The van der Waals surface area contributed by atoms with Gasteiger partial charge in [0.2, 0.25) is 0 Å². The fourth-order valence-corrected chi connectivity index (χ4v) is 8.50. The minimum Gasteiger partial charge on any atom is -0.456 e. The highest BCUT2D eigenvalue weighted by Crippen LogP contribution is 2.46. The van der Waals surface area contributed by atoms with Crippen LogP contribution in [0, 0.1) is 13.8 Å². The first-order chi connectivity index (χ1) is 27.6. The lowest BCUT2D eigenvalue weighted by atomic mass is 9.96. The molecule has 9 aromatic carbocycles. The summed E-state index contributed by atoms with van der Waals surface area (Å²) in [4.78, 5) is 4.59. The predicted molar refractivity (Wildman–Crippen MR) is 235 cm³/mol. The Morgan fingerprint density at radius 1 is 0.321 bits per heavy atom. The first kappa shape index (κ1) is 32.2. The highest BCUT2D eigenvalue weighted by Gasteiger charge is 2.23. The van der Waals surface area contributed by atoms with Gasteiger partial charge in [0.05, 0.1) is 0 Å². The maximum atomic E-state index is 6.82. The Morgan fingerprint density at radius 3 is 1.00 bits per heavy atom. The van der Waals surface area contributed by atoms with Crippen molar-refractivity contribution in [3.05, 3.63) is 193 Å². The van der Waals surface area contributed by atoms with Gasteiger partial charge in [-0.3, -0.25) is 0 Å². The van der Waals surface area contributed by atoms with Crippen LogP contribution in [0.1, 0.15) is 11.1 Å². The van der Waals surface area contributed by atoms with Crippen LogP contribution < -0.4 is 9.80 Å². The topological polar surface area (TPSA) is 32.8 Å². The van der Waals surface area contributed by atoms with E-state index in [0.717, 1.165) is 111 Å². The molecule has 56 heavy (non-hydrogen) atoms. The third kappa shape index (κ3) is 5.07. The van der Waals surface area contributed by atoms with Crippen molar-refractivity contribution >= 4 is 99.5 Å². The van der Waals surface area contributed by atoms with Crippen molar-refractivity contribution in [3.63, 3.8) is 0 Å². The zero-order valence-electron chi connectivity index (χ0n) is 31.0. The van der Waals surface area contributed by atoms with E-state index in [1.165, 1.54) is 0 Å². The van der Waals surface area contributed by atoms with E-state index in [0.29, 0.717) is 0 Å². The Morgan fingerprint density at radius 2 is 0.661 bits per heavy atom. The SMILES string of the molecule is Cc1c(C)c2oc3cc4cc(N(c5ccccc5)c5ccccc5)ccc4cc3c2c2c1oc1cc3cc(N(c4ccccc4)c4ccccc4)ccc3cc12. The number of furan rings is 2. The van der Waals surface area contributed by atoms with Crippen LogP contribution in [0.5, 0.6) is 0 Å². The number of anilines is 6. The van der Waals surface area contributed by atoms with Crippen LogP contribution in [-0.4, -0.2) is 0 Å². The number of fused-ring (bicyclic) bond motifs is 9. The fraction of sp³-hybridized carbons (Fsp3) is 0.0385. The highest BCUT2D eigenvalue weighted by atomic mass is 16.3. The molecule has 11 rings (SSSR count). The lowest BCUT2D eigenvalue weighted by Gasteiger charge is -2.25. The summed E-state index contributed by atoms with van der Waals surface area (Å²) in [5, 5.41) is 8.95. The molecule has 2 aromatic heterocycles. The summed E-state index contributed by atoms with van der Waals surface area (Å²) in [5.41, 5.74) is 12.4. The van der Waals surface area contributed by atoms with Crippen LogP contribution in [0.4, 0.5) is 34.1 Å². The Bertz CT molecular complexity index is 2960. The van der Waals surface area contributed by atoms with Crippen molar-refractivity contribution < 1.29 is 8.83 Å². The minimum absolute atomic E-state index is 0.868. The summed E-state index contributed by atoms with van der Waals surface area (Å²) in [6, 6.07) is 64.5. The normalized spacial score (nSPS) is 11.8. The summed E-state index contributed by atoms with van der Waals surface area (Å²) >= 11 is 0. The molecule has 0 radical (unpaired) electrons. The molecule has 0 aliphatic carbocycles. The number of hydrogen-bond acceptors (Lipinski definition) is 4. The molecule has 0 aliphatic heterocycles. The number of para-hydroxylation sites is 4. The maximum Gasteiger partial charge on any atom is 0.139 e. The van der Waals surface area contributed by atoms with E-state index < -0.39 is 0 Å². The van der Waals surface area contributed by atoms with Gasteiger partial charge >= 0.3 is 0 Å². The molecule has 0 saturated heterocycles. The Hall–Kier alpha value is -7.30. The van der Waals surface area contributed by atoms with Gasteiger partial charge in [0.1, 0.15) is 22.3 Å². The molecular formula is C52H36N2O2. The molecule has 0 unspecified atom stereocenters. The van der Waals surface area contributed by atoms with Crippen molar-refractivity contribution in [3.8, 4) is 0 Å². The second-order valence-corrected chi connectivity index (χ2v) is 14.6. The van der Waals surface area contributed by atoms with Gasteiger partial charge in [0.25, 0.3) is 0 Å². The van der Waals surface area contributed by atoms with Gasteiger partial charge in [-0.15, -0.1) is 0 Å². The molecule has 11 aromatic rings. The molecule has 0 fully saturated rings. The molecule has 266 valence electrons. The average molecular weight is 721 g/mol. The molecule has 0 aliphatic rings. The van der Waals surface area contributed by atoms with E-state index in [2.05, 4.69) is 206 Å². The highest BCUT2D eigenvalue weighted by molar-refractivity contribution is 6.29. The standard InChI is InChI=1S/C52H36N2O2/c1-33-34(2)52-50(46-30-36-24-26-44(28-38(36)32-48(46)56-52)54(41-19-11-5-12-20-41)42-21-13-6-14-22-42)49-45-29-35-23-25-43(27-37(35)31-47(45)55-51(33)49)53(39-15-7-3-8-16-39)40-17-9-4-10-18-40/h3-32H,1-2H3. The molecule has 0 spiro atoms. The minimum atomic E-state index is 0.868. The average Bonchev–Trinajstić information content (AvgIpc) is 3.80. The number of hydrogen-bond donors (Lipinski definition) is 0. The number of aryl methyl sites for hydroxylation is 2. The first-order valence-corrected chi connectivity index (χ1v) is 19.1. The maximum absolute atomic E-state index is 6.82. The van der Waals surface area contributed by atoms with Crippen molar-refractivity contribution in [1.29, 1.82) is 0 Å². The molecule has 0 amide bonds. The van der Waals surface area contributed by atoms with Gasteiger partial charge < -0.3 is 18.6 Å². The molecule has 0 N–H and O–H groups in total. The lowest BCUT2D eigenvalue weighted by molar-refractivity contribution is 0.657. The van der Waals surface area contributed by atoms with Crippen LogP contribution >= 0.6 is 0 Å². The Kier molecular flexibility index (Phi) is 7.26. The second kappa shape index (κ2) is 12.6. The van der Waals surface area contributed by atoms with Gasteiger partial charge in [-0.25, -0.2) is 0 Å². The zero-order valence-corrected chi connectivity index (χ0v) is 31.0. The van der Waals surface area contributed by atoms with Gasteiger partial charge in [0, 0.05) is 55.7 Å². The van der Waals surface area contributed by atoms with Crippen LogP contribution in [0.2, 0.25) is 0 Å². The lowest BCUT2D eigenvalue weighted by Crippen LogP contribution is -2.09. The summed E-state index contributed by atoms with van der Waals surface area (Å²) in [6.45, 7) is 4.29. The van der Waals surface area contributed by atoms with Crippen LogP contribution in [0.25, 0.3) is 65.4 Å². The Balaban J connectivity index is 1.09. The summed E-state index contributed by atoms with van der Waals surface area (Å²) in [5.74, 6) is 0. The predicted octanol–water partition coefficient (Wildman–Crippen LogP) is 15.3. The Labute approximate surface area is 324 Å². The van der Waals surface area contributed by atoms with Crippen molar-refractivity contribution in [1.82, 2.24) is 0 Å². The molecule has 0 saturated carbocycles. The molecule has 0 bridgehead atoms. The molecular weight excluding hydrogens is 685 g/mol. The third-order valence-electron chi connectivity index (χ3n) is 11.3. The number of nitrogens with zero attached hydrogens (tertiary/aromatic N) is 2. The van der Waals surface area contributed by atoms with Crippen molar-refractivity contribution in [2.45, 2.75) is 13.8 Å². The summed E-state index contributed by atoms with van der Waals surface area (Å²) < 4.78 is 13.6. The fourth-order valence-electron chi connectivity index (χ4n) is 8.50. The second-order valence-electron chi connectivity index (χ2n) is 14.6. The van der Waals surface area contributed by atoms with E-state index in [4.69, 9.17) is 8.83 Å². The quantitative estimate of drug-likeness (QED) is 0.171. The summed E-state index contributed by atoms with van der Waals surface area (Å²) in [7, 11) is 0. The molecule has 0 atom stereocenters. The van der Waals surface area contributed by atoms with Gasteiger partial charge in [-0.05, 0) is 144 Å². The zero-order chi connectivity index (χ0) is 37.3. The molecule has 4 heteroatoms. The van der Waals surface area contributed by atoms with Crippen LogP contribution in [-0.2, 0) is 0 Å².